The monoisotopic (exact) mass is 284 g/mol. The number of hydrogen-bond acceptors (Lipinski definition) is 5. The number of benzene rings is 1. The number of rotatable bonds is 4. The smallest absolute Gasteiger partial charge is 0.306 e. The lowest BCUT2D eigenvalue weighted by molar-refractivity contribution is -0.142. The molecule has 6 heteroatoms. The molecule has 0 amide bonds. The Morgan fingerprint density at radius 2 is 1.95 bits per heavy atom. The lowest BCUT2D eigenvalue weighted by Crippen LogP contribution is -2.23. The number of ether oxygens (including phenoxy) is 1. The molecule has 1 aliphatic heterocycles. The van der Waals surface area contributed by atoms with Crippen LogP contribution in [0.5, 0.6) is 0 Å². The highest BCUT2D eigenvalue weighted by Crippen LogP contribution is 2.23. The van der Waals surface area contributed by atoms with Crippen LogP contribution in [0.3, 0.4) is 0 Å². The molecule has 104 valence electrons. The zero-order valence-corrected chi connectivity index (χ0v) is 11.6. The molecule has 1 aromatic carbocycles. The maximum Gasteiger partial charge on any atom is 0.306 e. The van der Waals surface area contributed by atoms with Crippen molar-refractivity contribution in [2.24, 2.45) is 5.92 Å². The second-order valence-electron chi connectivity index (χ2n) is 4.76. The van der Waals surface area contributed by atoms with Gasteiger partial charge in [0.15, 0.2) is 0 Å². The van der Waals surface area contributed by atoms with E-state index in [-0.39, 0.29) is 23.4 Å². The normalized spacial score (nSPS) is 23.4. The molecule has 0 unspecified atom stereocenters. The summed E-state index contributed by atoms with van der Waals surface area (Å²) in [6, 6.07) is 6.40. The molecule has 1 aliphatic rings. The summed E-state index contributed by atoms with van der Waals surface area (Å²) in [5, 5.41) is 0. The van der Waals surface area contributed by atoms with Gasteiger partial charge in [-0.25, -0.2) is 0 Å². The topological polar surface area (TPSA) is 69.7 Å². The van der Waals surface area contributed by atoms with Crippen molar-refractivity contribution in [2.45, 2.75) is 31.3 Å². The van der Waals surface area contributed by atoms with Crippen LogP contribution in [0.25, 0.3) is 0 Å². The second kappa shape index (κ2) is 5.30. The van der Waals surface area contributed by atoms with Crippen LogP contribution >= 0.6 is 0 Å². The van der Waals surface area contributed by atoms with Gasteiger partial charge in [0, 0.05) is 5.92 Å². The molecule has 1 aromatic rings. The Bertz CT molecular complexity index is 561. The number of carbonyl (C=O) groups excluding carboxylic acids is 1. The van der Waals surface area contributed by atoms with E-state index in [1.54, 1.807) is 12.1 Å². The Labute approximate surface area is 112 Å². The number of hydrogen-bond donors (Lipinski definition) is 0. The molecule has 1 fully saturated rings. The fourth-order valence-electron chi connectivity index (χ4n) is 1.86. The van der Waals surface area contributed by atoms with Crippen LogP contribution in [0, 0.1) is 12.8 Å². The maximum atomic E-state index is 11.9. The minimum Gasteiger partial charge on any atom is -0.460 e. The van der Waals surface area contributed by atoms with E-state index >= 15 is 0 Å². The predicted octanol–water partition coefficient (Wildman–Crippen LogP) is 1.65. The van der Waals surface area contributed by atoms with E-state index in [1.807, 2.05) is 13.8 Å². The summed E-state index contributed by atoms with van der Waals surface area (Å²) in [7, 11) is -3.80. The Morgan fingerprint density at radius 3 is 2.47 bits per heavy atom. The first-order valence-corrected chi connectivity index (χ1v) is 7.45. The molecular weight excluding hydrogens is 268 g/mol. The van der Waals surface area contributed by atoms with Crippen molar-refractivity contribution >= 4 is 16.1 Å². The predicted molar refractivity (Wildman–Crippen MR) is 68.0 cm³/mol. The van der Waals surface area contributed by atoms with E-state index in [0.29, 0.717) is 6.42 Å². The van der Waals surface area contributed by atoms with Crippen molar-refractivity contribution in [1.29, 1.82) is 0 Å². The van der Waals surface area contributed by atoms with Gasteiger partial charge in [-0.05, 0) is 19.1 Å². The molecule has 2 atom stereocenters. The highest BCUT2D eigenvalue weighted by molar-refractivity contribution is 7.86. The van der Waals surface area contributed by atoms with E-state index in [2.05, 4.69) is 0 Å². The summed E-state index contributed by atoms with van der Waals surface area (Å²) in [6.07, 6.45) is -0.189. The Hall–Kier alpha value is -1.40. The van der Waals surface area contributed by atoms with Crippen LogP contribution in [0.4, 0.5) is 0 Å². The largest absolute Gasteiger partial charge is 0.460 e. The van der Waals surface area contributed by atoms with Gasteiger partial charge < -0.3 is 4.74 Å². The van der Waals surface area contributed by atoms with E-state index in [4.69, 9.17) is 8.92 Å². The molecule has 19 heavy (non-hydrogen) atoms. The number of esters is 1. The van der Waals surface area contributed by atoms with Gasteiger partial charge in [0.1, 0.15) is 12.7 Å². The average Bonchev–Trinajstić information content (AvgIpc) is 2.66. The van der Waals surface area contributed by atoms with Gasteiger partial charge in [-0.15, -0.1) is 0 Å². The van der Waals surface area contributed by atoms with Crippen LogP contribution in [0.1, 0.15) is 18.9 Å². The van der Waals surface area contributed by atoms with E-state index in [9.17, 15) is 13.2 Å². The summed E-state index contributed by atoms with van der Waals surface area (Å²) in [5.74, 6) is -0.338. The van der Waals surface area contributed by atoms with E-state index < -0.39 is 16.2 Å². The maximum absolute atomic E-state index is 11.9. The van der Waals surface area contributed by atoms with E-state index in [0.717, 1.165) is 5.56 Å². The van der Waals surface area contributed by atoms with Gasteiger partial charge in [0.05, 0.1) is 11.3 Å². The molecule has 0 bridgehead atoms. The van der Waals surface area contributed by atoms with Crippen LogP contribution in [0.2, 0.25) is 0 Å². The Balaban J connectivity index is 2.02. The zero-order chi connectivity index (χ0) is 14.0. The lowest BCUT2D eigenvalue weighted by atomic mass is 10.1. The van der Waals surface area contributed by atoms with Gasteiger partial charge in [0.25, 0.3) is 10.1 Å². The van der Waals surface area contributed by atoms with Crippen molar-refractivity contribution in [2.75, 3.05) is 6.61 Å². The highest BCUT2D eigenvalue weighted by Gasteiger charge is 2.33. The van der Waals surface area contributed by atoms with Gasteiger partial charge in [-0.2, -0.15) is 8.42 Å². The fourth-order valence-corrected chi connectivity index (χ4v) is 2.77. The quantitative estimate of drug-likeness (QED) is 0.621. The van der Waals surface area contributed by atoms with Crippen LogP contribution in [-0.2, 0) is 23.8 Å². The summed E-state index contributed by atoms with van der Waals surface area (Å²) in [6.45, 7) is 3.57. The third kappa shape index (κ3) is 3.33. The molecule has 0 aromatic heterocycles. The average molecular weight is 284 g/mol. The van der Waals surface area contributed by atoms with Crippen LogP contribution in [0.15, 0.2) is 29.2 Å². The first-order chi connectivity index (χ1) is 8.88. The highest BCUT2D eigenvalue weighted by atomic mass is 32.2. The number of cyclic esters (lactones) is 1. The van der Waals surface area contributed by atoms with Gasteiger partial charge in [-0.1, -0.05) is 24.6 Å². The van der Waals surface area contributed by atoms with Crippen LogP contribution < -0.4 is 0 Å². The molecule has 0 saturated carbocycles. The SMILES string of the molecule is Cc1ccc(S(=O)(=O)OC[C@@H]2OC(=O)C[C@@H]2C)cc1. The minimum atomic E-state index is -3.80. The van der Waals surface area contributed by atoms with Crippen molar-refractivity contribution < 1.29 is 22.1 Å². The Morgan fingerprint density at radius 1 is 1.32 bits per heavy atom. The van der Waals surface area contributed by atoms with Crippen molar-refractivity contribution in [3.63, 3.8) is 0 Å². The van der Waals surface area contributed by atoms with Crippen molar-refractivity contribution in [3.05, 3.63) is 29.8 Å². The first-order valence-electron chi connectivity index (χ1n) is 6.04. The summed E-state index contributed by atoms with van der Waals surface area (Å²) >= 11 is 0. The molecule has 1 saturated heterocycles. The summed E-state index contributed by atoms with van der Waals surface area (Å²) < 4.78 is 33.8. The van der Waals surface area contributed by atoms with Crippen molar-refractivity contribution in [3.8, 4) is 0 Å². The molecule has 2 rings (SSSR count). The van der Waals surface area contributed by atoms with Crippen LogP contribution in [-0.4, -0.2) is 27.1 Å². The zero-order valence-electron chi connectivity index (χ0n) is 10.8. The van der Waals surface area contributed by atoms with Gasteiger partial charge >= 0.3 is 5.97 Å². The Kier molecular flexibility index (Phi) is 3.91. The fraction of sp³-hybridized carbons (Fsp3) is 0.462. The molecule has 5 nitrogen and oxygen atoms in total. The third-order valence-electron chi connectivity index (χ3n) is 3.10. The molecule has 0 aliphatic carbocycles. The number of aryl methyl sites for hydroxylation is 1. The third-order valence-corrected chi connectivity index (χ3v) is 4.40. The summed E-state index contributed by atoms with van der Waals surface area (Å²) in [5.41, 5.74) is 0.970. The lowest BCUT2D eigenvalue weighted by Gasteiger charge is -2.13. The van der Waals surface area contributed by atoms with E-state index in [1.165, 1.54) is 12.1 Å². The number of carbonyl (C=O) groups is 1. The van der Waals surface area contributed by atoms with Crippen molar-refractivity contribution in [1.82, 2.24) is 0 Å². The molecular formula is C13H16O5S. The standard InChI is InChI=1S/C13H16O5S/c1-9-3-5-11(6-4-9)19(15,16)17-8-12-10(2)7-13(14)18-12/h3-6,10,12H,7-8H2,1-2H3/t10-,12-/m0/s1. The summed E-state index contributed by atoms with van der Waals surface area (Å²) in [4.78, 5) is 11.2. The second-order valence-corrected chi connectivity index (χ2v) is 6.38. The van der Waals surface area contributed by atoms with Gasteiger partial charge in [0.2, 0.25) is 0 Å². The first kappa shape index (κ1) is 14.0. The minimum absolute atomic E-state index is 0.0271. The molecule has 1 heterocycles. The molecule has 0 N–H and O–H groups in total. The molecule has 0 radical (unpaired) electrons. The van der Waals surface area contributed by atoms with Gasteiger partial charge in [-0.3, -0.25) is 8.98 Å². The molecule has 0 spiro atoms.